The van der Waals surface area contributed by atoms with Crippen molar-refractivity contribution in [3.63, 3.8) is 0 Å². The van der Waals surface area contributed by atoms with E-state index in [2.05, 4.69) is 33.9 Å². The van der Waals surface area contributed by atoms with E-state index in [-0.39, 0.29) is 0 Å². The molecule has 2 nitrogen and oxygen atoms in total. The molecule has 18 heavy (non-hydrogen) atoms. The number of hydrogen-bond donors (Lipinski definition) is 1. The van der Waals surface area contributed by atoms with Gasteiger partial charge in [-0.2, -0.15) is 0 Å². The molecule has 0 saturated heterocycles. The maximum absolute atomic E-state index is 5.84. The lowest BCUT2D eigenvalue weighted by Crippen LogP contribution is -2.16. The van der Waals surface area contributed by atoms with Crippen molar-refractivity contribution in [2.45, 2.75) is 38.3 Å². The van der Waals surface area contributed by atoms with Gasteiger partial charge in [0, 0.05) is 22.6 Å². The van der Waals surface area contributed by atoms with Crippen molar-refractivity contribution in [3.05, 3.63) is 40.9 Å². The smallest absolute Gasteiger partial charge is 0.123 e. The van der Waals surface area contributed by atoms with E-state index < -0.39 is 0 Å². The molecule has 0 aliphatic heterocycles. The van der Waals surface area contributed by atoms with Crippen LogP contribution in [-0.2, 0) is 6.54 Å². The Labute approximate surface area is 118 Å². The molecular formula is C15H20BrNO. The SMILES string of the molecule is C=CCCCOc1ccc(Br)cc1CNC1CC1. The van der Waals surface area contributed by atoms with Crippen LogP contribution in [0.15, 0.2) is 35.3 Å². The van der Waals surface area contributed by atoms with Gasteiger partial charge in [0.15, 0.2) is 0 Å². The van der Waals surface area contributed by atoms with Crippen molar-refractivity contribution in [2.24, 2.45) is 0 Å². The zero-order valence-corrected chi connectivity index (χ0v) is 12.2. The summed E-state index contributed by atoms with van der Waals surface area (Å²) in [6.07, 6.45) is 6.58. The molecule has 1 aromatic carbocycles. The van der Waals surface area contributed by atoms with E-state index in [1.54, 1.807) is 0 Å². The highest BCUT2D eigenvalue weighted by Crippen LogP contribution is 2.25. The largest absolute Gasteiger partial charge is 0.493 e. The normalized spacial score (nSPS) is 14.5. The molecule has 0 amide bonds. The highest BCUT2D eigenvalue weighted by molar-refractivity contribution is 9.10. The Bertz CT molecular complexity index is 401. The quantitative estimate of drug-likeness (QED) is 0.578. The molecule has 98 valence electrons. The fourth-order valence-electron chi connectivity index (χ4n) is 1.78. The first-order valence-electron chi connectivity index (χ1n) is 6.55. The Balaban J connectivity index is 1.90. The maximum Gasteiger partial charge on any atom is 0.123 e. The molecule has 1 aliphatic carbocycles. The third-order valence-corrected chi connectivity index (χ3v) is 3.48. The van der Waals surface area contributed by atoms with Gasteiger partial charge in [-0.1, -0.05) is 22.0 Å². The second-order valence-electron chi connectivity index (χ2n) is 4.69. The summed E-state index contributed by atoms with van der Waals surface area (Å²) in [4.78, 5) is 0. The molecule has 0 bridgehead atoms. The lowest BCUT2D eigenvalue weighted by molar-refractivity contribution is 0.308. The third kappa shape index (κ3) is 4.46. The molecule has 1 N–H and O–H groups in total. The average molecular weight is 310 g/mol. The molecule has 1 aromatic rings. The number of benzene rings is 1. The van der Waals surface area contributed by atoms with Crippen LogP contribution in [0.4, 0.5) is 0 Å². The summed E-state index contributed by atoms with van der Waals surface area (Å²) >= 11 is 3.52. The minimum atomic E-state index is 0.720. The first-order chi connectivity index (χ1) is 8.79. The zero-order chi connectivity index (χ0) is 12.8. The molecule has 3 heteroatoms. The summed E-state index contributed by atoms with van der Waals surface area (Å²) in [5, 5.41) is 3.53. The number of allylic oxidation sites excluding steroid dienone is 1. The summed E-state index contributed by atoms with van der Waals surface area (Å²) in [7, 11) is 0. The van der Waals surface area contributed by atoms with Crippen LogP contribution in [-0.4, -0.2) is 12.6 Å². The fraction of sp³-hybridized carbons (Fsp3) is 0.467. The Kier molecular flexibility index (Phi) is 5.26. The van der Waals surface area contributed by atoms with E-state index in [0.717, 1.165) is 42.3 Å². The number of hydrogen-bond acceptors (Lipinski definition) is 2. The first-order valence-corrected chi connectivity index (χ1v) is 7.34. The van der Waals surface area contributed by atoms with Crippen molar-refractivity contribution in [1.82, 2.24) is 5.32 Å². The van der Waals surface area contributed by atoms with E-state index in [4.69, 9.17) is 4.74 Å². The molecule has 2 rings (SSSR count). The van der Waals surface area contributed by atoms with Gasteiger partial charge in [-0.05, 0) is 43.9 Å². The number of nitrogens with one attached hydrogen (secondary N) is 1. The molecule has 0 spiro atoms. The summed E-state index contributed by atoms with van der Waals surface area (Å²) in [5.74, 6) is 0.996. The zero-order valence-electron chi connectivity index (χ0n) is 10.6. The van der Waals surface area contributed by atoms with E-state index in [9.17, 15) is 0 Å². The molecule has 0 atom stereocenters. The average Bonchev–Trinajstić information content (AvgIpc) is 3.18. The molecule has 0 unspecified atom stereocenters. The van der Waals surface area contributed by atoms with Crippen LogP contribution in [0, 0.1) is 0 Å². The van der Waals surface area contributed by atoms with Gasteiger partial charge in [-0.15, -0.1) is 6.58 Å². The molecular weight excluding hydrogens is 290 g/mol. The number of ether oxygens (including phenoxy) is 1. The summed E-state index contributed by atoms with van der Waals surface area (Å²) in [6, 6.07) is 6.93. The van der Waals surface area contributed by atoms with Crippen LogP contribution >= 0.6 is 15.9 Å². The number of unbranched alkanes of at least 4 members (excludes halogenated alkanes) is 1. The standard InChI is InChI=1S/C15H20BrNO/c1-2-3-4-9-18-15-8-5-13(16)10-12(15)11-17-14-6-7-14/h2,5,8,10,14,17H,1,3-4,6-7,9,11H2. The van der Waals surface area contributed by atoms with E-state index >= 15 is 0 Å². The topological polar surface area (TPSA) is 21.3 Å². The van der Waals surface area contributed by atoms with E-state index in [1.165, 1.54) is 18.4 Å². The van der Waals surface area contributed by atoms with Crippen molar-refractivity contribution in [1.29, 1.82) is 0 Å². The minimum Gasteiger partial charge on any atom is -0.493 e. The molecule has 1 fully saturated rings. The minimum absolute atomic E-state index is 0.720. The lowest BCUT2D eigenvalue weighted by atomic mass is 10.2. The third-order valence-electron chi connectivity index (χ3n) is 2.99. The van der Waals surface area contributed by atoms with Crippen LogP contribution in [0.3, 0.4) is 0 Å². The number of rotatable bonds is 8. The predicted molar refractivity (Wildman–Crippen MR) is 78.9 cm³/mol. The molecule has 1 aliphatic rings. The molecule has 0 heterocycles. The van der Waals surface area contributed by atoms with Crippen LogP contribution in [0.25, 0.3) is 0 Å². The van der Waals surface area contributed by atoms with Gasteiger partial charge in [0.05, 0.1) is 6.61 Å². The van der Waals surface area contributed by atoms with Crippen molar-refractivity contribution in [2.75, 3.05) is 6.61 Å². The Morgan fingerprint density at radius 1 is 1.44 bits per heavy atom. The van der Waals surface area contributed by atoms with Crippen molar-refractivity contribution < 1.29 is 4.74 Å². The van der Waals surface area contributed by atoms with Gasteiger partial charge in [-0.25, -0.2) is 0 Å². The van der Waals surface area contributed by atoms with Gasteiger partial charge >= 0.3 is 0 Å². The number of halogens is 1. The second kappa shape index (κ2) is 6.95. The molecule has 1 saturated carbocycles. The lowest BCUT2D eigenvalue weighted by Gasteiger charge is -2.12. The van der Waals surface area contributed by atoms with Crippen molar-refractivity contribution >= 4 is 15.9 Å². The molecule has 0 radical (unpaired) electrons. The van der Waals surface area contributed by atoms with Gasteiger partial charge in [0.2, 0.25) is 0 Å². The van der Waals surface area contributed by atoms with Gasteiger partial charge in [0.25, 0.3) is 0 Å². The molecule has 0 aromatic heterocycles. The summed E-state index contributed by atoms with van der Waals surface area (Å²) in [6.45, 7) is 5.36. The van der Waals surface area contributed by atoms with Crippen molar-refractivity contribution in [3.8, 4) is 5.75 Å². The summed E-state index contributed by atoms with van der Waals surface area (Å²) in [5.41, 5.74) is 1.23. The van der Waals surface area contributed by atoms with Crippen LogP contribution in [0.2, 0.25) is 0 Å². The highest BCUT2D eigenvalue weighted by atomic mass is 79.9. The second-order valence-corrected chi connectivity index (χ2v) is 5.60. The van der Waals surface area contributed by atoms with Gasteiger partial charge in [0.1, 0.15) is 5.75 Å². The van der Waals surface area contributed by atoms with Crippen LogP contribution in [0.5, 0.6) is 5.75 Å². The Hall–Kier alpha value is -0.800. The van der Waals surface area contributed by atoms with Gasteiger partial charge in [-0.3, -0.25) is 0 Å². The van der Waals surface area contributed by atoms with E-state index in [1.807, 2.05) is 18.2 Å². The van der Waals surface area contributed by atoms with Crippen LogP contribution < -0.4 is 10.1 Å². The predicted octanol–water partition coefficient (Wildman–Crippen LogP) is 4.05. The Morgan fingerprint density at radius 3 is 3.00 bits per heavy atom. The highest BCUT2D eigenvalue weighted by Gasteiger charge is 2.20. The first kappa shape index (κ1) is 13.6. The fourth-order valence-corrected chi connectivity index (χ4v) is 2.19. The summed E-state index contributed by atoms with van der Waals surface area (Å²) < 4.78 is 6.94. The Morgan fingerprint density at radius 2 is 2.28 bits per heavy atom. The maximum atomic E-state index is 5.84. The van der Waals surface area contributed by atoms with Crippen LogP contribution in [0.1, 0.15) is 31.2 Å². The monoisotopic (exact) mass is 309 g/mol. The van der Waals surface area contributed by atoms with E-state index in [0.29, 0.717) is 0 Å². The van der Waals surface area contributed by atoms with Gasteiger partial charge < -0.3 is 10.1 Å².